The normalized spacial score (nSPS) is 20.5. The first-order valence-corrected chi connectivity index (χ1v) is 12.2. The summed E-state index contributed by atoms with van der Waals surface area (Å²) in [6.45, 7) is 14.2. The van der Waals surface area contributed by atoms with Crippen molar-refractivity contribution in [2.45, 2.75) is 46.3 Å². The minimum absolute atomic E-state index is 0.749. The van der Waals surface area contributed by atoms with Crippen molar-refractivity contribution in [1.29, 1.82) is 0 Å². The van der Waals surface area contributed by atoms with Crippen molar-refractivity contribution in [3.05, 3.63) is 0 Å². The van der Waals surface area contributed by atoms with E-state index in [1.54, 1.807) is 0 Å². The molecule has 1 heterocycles. The van der Waals surface area contributed by atoms with Crippen LogP contribution in [0.2, 0.25) is 19.1 Å². The van der Waals surface area contributed by atoms with Gasteiger partial charge in [-0.25, -0.2) is 0 Å². The van der Waals surface area contributed by atoms with E-state index >= 15 is 0 Å². The van der Waals surface area contributed by atoms with E-state index < -0.39 is 17.0 Å². The third-order valence-electron chi connectivity index (χ3n) is 3.25. The molecule has 0 N–H and O–H groups in total. The average Bonchev–Trinajstić information content (AvgIpc) is 2.62. The largest absolute Gasteiger partial charge is 0.427 e. The van der Waals surface area contributed by atoms with Crippen LogP contribution in [0.15, 0.2) is 0 Å². The van der Waals surface area contributed by atoms with Gasteiger partial charge in [-0.05, 0) is 46.8 Å². The summed E-state index contributed by atoms with van der Waals surface area (Å²) in [6.07, 6.45) is 2.23. The molecule has 0 atom stereocenters. The van der Waals surface area contributed by atoms with Crippen LogP contribution in [0.4, 0.5) is 0 Å². The standard InChI is InChI=1S/C12H29NO3Si2/c1-6-14-17(4,5)12-13-10-9-11-18(13,15-7-2)16-8-3/h6-12H2,1-5H3. The molecule has 0 unspecified atom stereocenters. The zero-order valence-electron chi connectivity index (χ0n) is 12.6. The summed E-state index contributed by atoms with van der Waals surface area (Å²) >= 11 is 0. The van der Waals surface area contributed by atoms with Crippen LogP contribution in [-0.2, 0) is 13.3 Å². The third kappa shape index (κ3) is 4.14. The van der Waals surface area contributed by atoms with Gasteiger partial charge < -0.3 is 13.3 Å². The van der Waals surface area contributed by atoms with Crippen molar-refractivity contribution in [1.82, 2.24) is 4.57 Å². The Morgan fingerprint density at radius 2 is 1.67 bits per heavy atom. The van der Waals surface area contributed by atoms with Crippen LogP contribution in [0, 0.1) is 0 Å². The fourth-order valence-corrected chi connectivity index (χ4v) is 9.85. The Labute approximate surface area is 114 Å². The molecule has 4 nitrogen and oxygen atoms in total. The molecule has 6 heteroatoms. The SMILES string of the molecule is CCO[Si](C)(C)CN1CCC[Si]1(OCC)OCC. The highest BCUT2D eigenvalue weighted by Crippen LogP contribution is 2.29. The van der Waals surface area contributed by atoms with Gasteiger partial charge in [0.2, 0.25) is 0 Å². The van der Waals surface area contributed by atoms with Crippen LogP contribution in [0.25, 0.3) is 0 Å². The van der Waals surface area contributed by atoms with Gasteiger partial charge in [-0.1, -0.05) is 0 Å². The van der Waals surface area contributed by atoms with Crippen LogP contribution >= 0.6 is 0 Å². The van der Waals surface area contributed by atoms with Crippen LogP contribution in [0.3, 0.4) is 0 Å². The molecule has 0 aromatic carbocycles. The molecule has 0 amide bonds. The molecule has 1 rings (SSSR count). The quantitative estimate of drug-likeness (QED) is 0.643. The lowest BCUT2D eigenvalue weighted by Crippen LogP contribution is -2.59. The first kappa shape index (κ1) is 16.3. The molecule has 0 spiro atoms. The molecule has 1 aliphatic heterocycles. The molecular weight excluding hydrogens is 262 g/mol. The van der Waals surface area contributed by atoms with Gasteiger partial charge in [0.1, 0.15) is 0 Å². The number of rotatable bonds is 8. The average molecular weight is 292 g/mol. The van der Waals surface area contributed by atoms with E-state index in [1.807, 2.05) is 0 Å². The summed E-state index contributed by atoms with van der Waals surface area (Å²) in [5.41, 5.74) is 0. The van der Waals surface area contributed by atoms with E-state index in [0.29, 0.717) is 0 Å². The minimum Gasteiger partial charge on any atom is -0.416 e. The number of hydrogen-bond donors (Lipinski definition) is 0. The molecule has 108 valence electrons. The number of nitrogens with zero attached hydrogens (tertiary/aromatic N) is 1. The van der Waals surface area contributed by atoms with Gasteiger partial charge in [0.05, 0.1) is 0 Å². The Balaban J connectivity index is 2.72. The maximum absolute atomic E-state index is 6.08. The molecule has 1 fully saturated rings. The van der Waals surface area contributed by atoms with Crippen molar-refractivity contribution in [2.24, 2.45) is 0 Å². The minimum atomic E-state index is -2.11. The van der Waals surface area contributed by atoms with Gasteiger partial charge in [0.15, 0.2) is 8.32 Å². The van der Waals surface area contributed by atoms with Crippen LogP contribution < -0.4 is 0 Å². The Hall–Kier alpha value is 0.274. The highest BCUT2D eigenvalue weighted by atomic mass is 28.4. The summed E-state index contributed by atoms with van der Waals surface area (Å²) in [5.74, 6) is 0. The van der Waals surface area contributed by atoms with Gasteiger partial charge in [-0.3, -0.25) is 4.57 Å². The summed E-state index contributed by atoms with van der Waals surface area (Å²) in [5, 5.41) is 0. The maximum atomic E-state index is 6.08. The highest BCUT2D eigenvalue weighted by Gasteiger charge is 2.50. The summed E-state index contributed by atoms with van der Waals surface area (Å²) < 4.78 is 20.6. The molecule has 0 aromatic rings. The molecule has 1 aliphatic rings. The lowest BCUT2D eigenvalue weighted by Gasteiger charge is -2.37. The van der Waals surface area contributed by atoms with E-state index in [4.69, 9.17) is 13.3 Å². The molecule has 0 aliphatic carbocycles. The van der Waals surface area contributed by atoms with Gasteiger partial charge in [-0.15, -0.1) is 0 Å². The Kier molecular flexibility index (Phi) is 6.50. The van der Waals surface area contributed by atoms with E-state index in [-0.39, 0.29) is 0 Å². The van der Waals surface area contributed by atoms with Crippen LogP contribution in [0.5, 0.6) is 0 Å². The lowest BCUT2D eigenvalue weighted by atomic mass is 10.5. The second-order valence-corrected chi connectivity index (χ2v) is 12.6. The monoisotopic (exact) mass is 291 g/mol. The molecule has 0 saturated carbocycles. The smallest absolute Gasteiger partial charge is 0.416 e. The Morgan fingerprint density at radius 3 is 2.17 bits per heavy atom. The van der Waals surface area contributed by atoms with Crippen LogP contribution in [-0.4, -0.2) is 54.1 Å². The predicted molar refractivity (Wildman–Crippen MR) is 79.1 cm³/mol. The van der Waals surface area contributed by atoms with E-state index in [2.05, 4.69) is 38.4 Å². The lowest BCUT2D eigenvalue weighted by molar-refractivity contribution is 0.140. The van der Waals surface area contributed by atoms with Crippen molar-refractivity contribution < 1.29 is 13.3 Å². The van der Waals surface area contributed by atoms with E-state index in [1.165, 1.54) is 6.42 Å². The van der Waals surface area contributed by atoms with Crippen LogP contribution in [0.1, 0.15) is 27.2 Å². The Bertz CT molecular complexity index is 245. The van der Waals surface area contributed by atoms with Crippen molar-refractivity contribution in [3.63, 3.8) is 0 Å². The molecule has 0 aromatic heterocycles. The summed E-state index contributed by atoms with van der Waals surface area (Å²) in [4.78, 5) is 0. The first-order valence-electron chi connectivity index (χ1n) is 7.16. The topological polar surface area (TPSA) is 30.9 Å². The molecular formula is C12H29NO3Si2. The fraction of sp³-hybridized carbons (Fsp3) is 1.00. The maximum Gasteiger partial charge on any atom is 0.427 e. The molecule has 0 radical (unpaired) electrons. The highest BCUT2D eigenvalue weighted by molar-refractivity contribution is 6.74. The van der Waals surface area contributed by atoms with Crippen molar-refractivity contribution in [2.75, 3.05) is 32.5 Å². The van der Waals surface area contributed by atoms with Gasteiger partial charge in [-0.2, -0.15) is 0 Å². The second kappa shape index (κ2) is 7.16. The third-order valence-corrected chi connectivity index (χ3v) is 9.59. The van der Waals surface area contributed by atoms with Gasteiger partial charge >= 0.3 is 8.72 Å². The first-order chi connectivity index (χ1) is 8.49. The van der Waals surface area contributed by atoms with Crippen molar-refractivity contribution >= 4 is 17.0 Å². The summed E-state index contributed by atoms with van der Waals surface area (Å²) in [6, 6.07) is 1.10. The molecule has 1 saturated heterocycles. The van der Waals surface area contributed by atoms with E-state index in [0.717, 1.165) is 38.6 Å². The van der Waals surface area contributed by atoms with Crippen molar-refractivity contribution in [3.8, 4) is 0 Å². The fourth-order valence-electron chi connectivity index (χ4n) is 2.74. The zero-order valence-corrected chi connectivity index (χ0v) is 14.6. The predicted octanol–water partition coefficient (Wildman–Crippen LogP) is 2.48. The number of hydrogen-bond acceptors (Lipinski definition) is 4. The zero-order chi connectivity index (χ0) is 13.6. The molecule has 18 heavy (non-hydrogen) atoms. The van der Waals surface area contributed by atoms with Gasteiger partial charge in [0, 0.05) is 32.0 Å². The summed E-state index contributed by atoms with van der Waals surface area (Å²) in [7, 11) is -3.73. The molecule has 0 bridgehead atoms. The van der Waals surface area contributed by atoms with E-state index in [9.17, 15) is 0 Å². The Morgan fingerprint density at radius 1 is 1.06 bits per heavy atom. The second-order valence-electron chi connectivity index (χ2n) is 5.30. The van der Waals surface area contributed by atoms with Gasteiger partial charge in [0.25, 0.3) is 0 Å².